The van der Waals surface area contributed by atoms with Crippen molar-refractivity contribution in [2.75, 3.05) is 11.9 Å². The topological polar surface area (TPSA) is 58.6 Å². The van der Waals surface area contributed by atoms with Crippen LogP contribution < -0.4 is 10.1 Å². The maximum Gasteiger partial charge on any atom is 0.224 e. The molecule has 0 aromatic heterocycles. The van der Waals surface area contributed by atoms with Crippen LogP contribution in [-0.2, 0) is 4.79 Å². The number of halogens is 1. The van der Waals surface area contributed by atoms with E-state index in [4.69, 9.17) is 16.3 Å². The van der Waals surface area contributed by atoms with Crippen LogP contribution in [-0.4, -0.2) is 23.7 Å². The van der Waals surface area contributed by atoms with Gasteiger partial charge in [0.25, 0.3) is 0 Å². The number of nitrogens with one attached hydrogen (secondary N) is 1. The number of rotatable bonds is 7. The summed E-state index contributed by atoms with van der Waals surface area (Å²) in [6.07, 6.45) is 4.23. The highest BCUT2D eigenvalue weighted by atomic mass is 35.5. The van der Waals surface area contributed by atoms with Crippen LogP contribution in [0.4, 0.5) is 5.69 Å². The van der Waals surface area contributed by atoms with E-state index in [0.717, 1.165) is 42.7 Å². The number of carbonyl (C=O) groups is 1. The lowest BCUT2D eigenvalue weighted by Crippen LogP contribution is -2.34. The summed E-state index contributed by atoms with van der Waals surface area (Å²) in [5, 5.41) is 13.4. The van der Waals surface area contributed by atoms with Crippen LogP contribution in [0.2, 0.25) is 5.02 Å². The lowest BCUT2D eigenvalue weighted by Gasteiger charge is -2.33. The third-order valence-corrected chi connectivity index (χ3v) is 5.82. The van der Waals surface area contributed by atoms with E-state index in [2.05, 4.69) is 5.32 Å². The molecular weight excluding hydrogens is 374 g/mol. The molecule has 1 atom stereocenters. The van der Waals surface area contributed by atoms with E-state index in [9.17, 15) is 9.90 Å². The maximum atomic E-state index is 12.3. The number of aliphatic hydroxyl groups is 1. The Kier molecular flexibility index (Phi) is 7.35. The molecule has 2 aromatic rings. The minimum atomic E-state index is -0.190. The van der Waals surface area contributed by atoms with E-state index in [-0.39, 0.29) is 18.6 Å². The van der Waals surface area contributed by atoms with Gasteiger partial charge >= 0.3 is 0 Å². The van der Waals surface area contributed by atoms with Crippen molar-refractivity contribution in [3.05, 3.63) is 59.1 Å². The fraction of sp³-hybridized carbons (Fsp3) is 0.435. The van der Waals surface area contributed by atoms with Crippen LogP contribution in [0.15, 0.2) is 48.5 Å². The van der Waals surface area contributed by atoms with Crippen LogP contribution >= 0.6 is 11.6 Å². The molecule has 3 rings (SSSR count). The first-order valence-electron chi connectivity index (χ1n) is 9.93. The predicted octanol–water partition coefficient (Wildman–Crippen LogP) is 5.22. The van der Waals surface area contributed by atoms with Crippen LogP contribution in [0.1, 0.15) is 37.7 Å². The molecule has 4 nitrogen and oxygen atoms in total. The summed E-state index contributed by atoms with van der Waals surface area (Å²) >= 11 is 5.87. The molecule has 0 spiro atoms. The summed E-state index contributed by atoms with van der Waals surface area (Å²) in [4.78, 5) is 12.3. The Morgan fingerprint density at radius 1 is 1.14 bits per heavy atom. The molecule has 28 heavy (non-hydrogen) atoms. The van der Waals surface area contributed by atoms with Crippen LogP contribution in [0, 0.1) is 18.8 Å². The molecule has 0 saturated heterocycles. The quantitative estimate of drug-likeness (QED) is 0.668. The molecule has 0 bridgehead atoms. The molecule has 150 valence electrons. The van der Waals surface area contributed by atoms with Gasteiger partial charge in [0.1, 0.15) is 11.9 Å². The van der Waals surface area contributed by atoms with Crippen molar-refractivity contribution >= 4 is 23.2 Å². The first-order valence-corrected chi connectivity index (χ1v) is 10.3. The van der Waals surface area contributed by atoms with Crippen molar-refractivity contribution in [2.24, 2.45) is 11.8 Å². The maximum absolute atomic E-state index is 12.3. The lowest BCUT2D eigenvalue weighted by atomic mass is 9.78. The number of benzene rings is 2. The highest BCUT2D eigenvalue weighted by Gasteiger charge is 2.29. The average Bonchev–Trinajstić information content (AvgIpc) is 2.70. The highest BCUT2D eigenvalue weighted by Crippen LogP contribution is 2.34. The second-order valence-electron chi connectivity index (χ2n) is 7.64. The van der Waals surface area contributed by atoms with Gasteiger partial charge < -0.3 is 15.2 Å². The average molecular weight is 402 g/mol. The third-order valence-electron chi connectivity index (χ3n) is 5.57. The lowest BCUT2D eigenvalue weighted by molar-refractivity contribution is -0.117. The number of hydrogen-bond donors (Lipinski definition) is 2. The van der Waals surface area contributed by atoms with Gasteiger partial charge in [-0.2, -0.15) is 0 Å². The standard InChI is InChI=1S/C23H28ClNO3/c1-16-4-2-3-5-21(16)28-22(15-26)18-8-6-17(7-9-18)14-23(27)25-20-12-10-19(24)11-13-20/h2-5,10-13,17-18,22,26H,6-9,14-15H2,1H3,(H,25,27). The van der Waals surface area contributed by atoms with E-state index < -0.39 is 0 Å². The van der Waals surface area contributed by atoms with E-state index >= 15 is 0 Å². The molecular formula is C23H28ClNO3. The Labute approximate surface area is 171 Å². The third kappa shape index (κ3) is 5.73. The Morgan fingerprint density at radius 3 is 2.46 bits per heavy atom. The number of amides is 1. The van der Waals surface area contributed by atoms with Gasteiger partial charge in [0, 0.05) is 17.1 Å². The zero-order chi connectivity index (χ0) is 19.9. The fourth-order valence-electron chi connectivity index (χ4n) is 3.91. The summed E-state index contributed by atoms with van der Waals surface area (Å²) in [5.41, 5.74) is 1.85. The van der Waals surface area contributed by atoms with Crippen LogP contribution in [0.5, 0.6) is 5.75 Å². The van der Waals surface area contributed by atoms with Gasteiger partial charge in [-0.05, 0) is 80.3 Å². The zero-order valence-electron chi connectivity index (χ0n) is 16.2. The summed E-state index contributed by atoms with van der Waals surface area (Å²) < 4.78 is 6.10. The Morgan fingerprint density at radius 2 is 1.82 bits per heavy atom. The number of carbonyl (C=O) groups excluding carboxylic acids is 1. The summed E-state index contributed by atoms with van der Waals surface area (Å²) in [7, 11) is 0. The fourth-order valence-corrected chi connectivity index (χ4v) is 4.03. The van der Waals surface area contributed by atoms with Crippen molar-refractivity contribution in [3.8, 4) is 5.75 Å². The first kappa shape index (κ1) is 20.7. The molecule has 1 unspecified atom stereocenters. The number of anilines is 1. The number of ether oxygens (including phenoxy) is 1. The predicted molar refractivity (Wildman–Crippen MR) is 113 cm³/mol. The van der Waals surface area contributed by atoms with Gasteiger partial charge in [-0.15, -0.1) is 0 Å². The van der Waals surface area contributed by atoms with Crippen LogP contribution in [0.25, 0.3) is 0 Å². The normalized spacial score (nSPS) is 20.4. The number of hydrogen-bond acceptors (Lipinski definition) is 3. The van der Waals surface area contributed by atoms with Crippen molar-refractivity contribution in [2.45, 2.75) is 45.1 Å². The van der Waals surface area contributed by atoms with E-state index in [1.54, 1.807) is 12.1 Å². The second-order valence-corrected chi connectivity index (χ2v) is 8.08. The molecule has 0 radical (unpaired) electrons. The molecule has 1 aliphatic rings. The van der Waals surface area contributed by atoms with Crippen molar-refractivity contribution in [1.29, 1.82) is 0 Å². The summed E-state index contributed by atoms with van der Waals surface area (Å²) in [6.45, 7) is 2.03. The van der Waals surface area contributed by atoms with Crippen molar-refractivity contribution in [1.82, 2.24) is 0 Å². The van der Waals surface area contributed by atoms with E-state index in [0.29, 0.717) is 23.3 Å². The molecule has 1 amide bonds. The van der Waals surface area contributed by atoms with Gasteiger partial charge in [0.15, 0.2) is 0 Å². The van der Waals surface area contributed by atoms with Crippen molar-refractivity contribution in [3.63, 3.8) is 0 Å². The largest absolute Gasteiger partial charge is 0.487 e. The monoisotopic (exact) mass is 401 g/mol. The summed E-state index contributed by atoms with van der Waals surface area (Å²) in [6, 6.07) is 15.1. The molecule has 2 N–H and O–H groups in total. The first-order chi connectivity index (χ1) is 13.5. The SMILES string of the molecule is Cc1ccccc1OC(CO)C1CCC(CC(=O)Nc2ccc(Cl)cc2)CC1. The van der Waals surface area contributed by atoms with E-state index in [1.165, 1.54) is 0 Å². The van der Waals surface area contributed by atoms with Gasteiger partial charge in [-0.25, -0.2) is 0 Å². The van der Waals surface area contributed by atoms with Gasteiger partial charge in [0.2, 0.25) is 5.91 Å². The number of aliphatic hydroxyl groups excluding tert-OH is 1. The molecule has 1 aliphatic carbocycles. The Hall–Kier alpha value is -2.04. The number of para-hydroxylation sites is 1. The number of aryl methyl sites for hydroxylation is 1. The Bertz CT molecular complexity index is 770. The van der Waals surface area contributed by atoms with Gasteiger partial charge in [0.05, 0.1) is 6.61 Å². The van der Waals surface area contributed by atoms with Gasteiger partial charge in [-0.1, -0.05) is 29.8 Å². The zero-order valence-corrected chi connectivity index (χ0v) is 17.0. The van der Waals surface area contributed by atoms with E-state index in [1.807, 2.05) is 43.3 Å². The molecule has 1 saturated carbocycles. The minimum Gasteiger partial charge on any atom is -0.487 e. The molecule has 1 fully saturated rings. The molecule has 0 aliphatic heterocycles. The smallest absolute Gasteiger partial charge is 0.224 e. The summed E-state index contributed by atoms with van der Waals surface area (Å²) in [5.74, 6) is 1.58. The Balaban J connectivity index is 1.47. The van der Waals surface area contributed by atoms with Crippen LogP contribution in [0.3, 0.4) is 0 Å². The van der Waals surface area contributed by atoms with Gasteiger partial charge in [-0.3, -0.25) is 4.79 Å². The minimum absolute atomic E-state index is 0.0146. The second kappa shape index (κ2) is 9.94. The van der Waals surface area contributed by atoms with Crippen molar-refractivity contribution < 1.29 is 14.6 Å². The molecule has 0 heterocycles. The highest BCUT2D eigenvalue weighted by molar-refractivity contribution is 6.30. The molecule has 5 heteroatoms. The molecule has 2 aromatic carbocycles.